The Bertz CT molecular complexity index is 261. The maximum atomic E-state index is 11.8. The van der Waals surface area contributed by atoms with Crippen LogP contribution in [0.1, 0.15) is 32.6 Å². The molecule has 2 rings (SSSR count). The van der Waals surface area contributed by atoms with Gasteiger partial charge in [-0.05, 0) is 19.8 Å². The second-order valence-corrected chi connectivity index (χ2v) is 5.98. The zero-order valence-corrected chi connectivity index (χ0v) is 11.3. The minimum Gasteiger partial charge on any atom is -0.469 e. The molecule has 86 valence electrons. The lowest BCUT2D eigenvalue weighted by molar-refractivity contribution is -0.152. The quantitative estimate of drug-likeness (QED) is 0.422. The van der Waals surface area contributed by atoms with Gasteiger partial charge in [-0.3, -0.25) is 4.79 Å². The number of halogens is 1. The van der Waals surface area contributed by atoms with Gasteiger partial charge in [-0.25, -0.2) is 0 Å². The van der Waals surface area contributed by atoms with Crippen LogP contribution in [0.3, 0.4) is 0 Å². The molecule has 0 amide bonds. The summed E-state index contributed by atoms with van der Waals surface area (Å²) in [6.45, 7) is 2.06. The Hall–Kier alpha value is 0.160. The van der Waals surface area contributed by atoms with E-state index in [1.807, 2.05) is 0 Å². The summed E-state index contributed by atoms with van der Waals surface area (Å²) in [7, 11) is 1.47. The third-order valence-corrected chi connectivity index (χ3v) is 5.39. The van der Waals surface area contributed by atoms with Gasteiger partial charge in [-0.15, -0.1) is 0 Å². The number of alkyl halides is 1. The van der Waals surface area contributed by atoms with E-state index in [2.05, 4.69) is 29.5 Å². The summed E-state index contributed by atoms with van der Waals surface area (Å²) in [5.41, 5.74) is -0.210. The van der Waals surface area contributed by atoms with Gasteiger partial charge in [0.05, 0.1) is 22.7 Å². The molecule has 15 heavy (non-hydrogen) atoms. The number of esters is 1. The summed E-state index contributed by atoms with van der Waals surface area (Å²) >= 11 is 2.33. The number of rotatable bonds is 1. The van der Waals surface area contributed by atoms with Gasteiger partial charge in [0.25, 0.3) is 0 Å². The summed E-state index contributed by atoms with van der Waals surface area (Å²) in [5.74, 6) is -0.166. The van der Waals surface area contributed by atoms with Gasteiger partial charge in [-0.2, -0.15) is 0 Å². The third kappa shape index (κ3) is 1.79. The van der Waals surface area contributed by atoms with E-state index in [0.717, 1.165) is 12.8 Å². The Labute approximate surface area is 104 Å². The average molecular weight is 324 g/mol. The summed E-state index contributed by atoms with van der Waals surface area (Å²) in [6, 6.07) is 0. The molecule has 1 saturated carbocycles. The molecule has 0 unspecified atom stereocenters. The minimum atomic E-state index is -0.210. The number of carbonyl (C=O) groups excluding carboxylic acids is 1. The van der Waals surface area contributed by atoms with E-state index in [4.69, 9.17) is 9.47 Å². The fraction of sp³-hybridized carbons (Fsp3) is 0.909. The van der Waals surface area contributed by atoms with Crippen molar-refractivity contribution in [1.82, 2.24) is 0 Å². The normalized spacial score (nSPS) is 38.5. The first-order valence-electron chi connectivity index (χ1n) is 5.50. The molecule has 4 heteroatoms. The molecule has 1 aliphatic heterocycles. The first kappa shape index (κ1) is 11.6. The van der Waals surface area contributed by atoms with E-state index >= 15 is 0 Å². The molecular formula is C11H17IO3. The molecule has 0 N–H and O–H groups in total. The fourth-order valence-electron chi connectivity index (χ4n) is 2.94. The Morgan fingerprint density at radius 1 is 1.47 bits per heavy atom. The SMILES string of the molecule is COC(=O)[C@H]1[C@H](I)[C@@H](C)OC12CCCC2. The van der Waals surface area contributed by atoms with Crippen molar-refractivity contribution in [2.24, 2.45) is 5.92 Å². The highest BCUT2D eigenvalue weighted by atomic mass is 127. The van der Waals surface area contributed by atoms with Gasteiger partial charge in [-0.1, -0.05) is 35.4 Å². The van der Waals surface area contributed by atoms with Crippen LogP contribution in [0.15, 0.2) is 0 Å². The van der Waals surface area contributed by atoms with Crippen molar-refractivity contribution < 1.29 is 14.3 Å². The van der Waals surface area contributed by atoms with E-state index in [1.165, 1.54) is 20.0 Å². The van der Waals surface area contributed by atoms with Gasteiger partial charge in [0, 0.05) is 0 Å². The molecule has 0 bridgehead atoms. The van der Waals surface area contributed by atoms with E-state index in [-0.39, 0.29) is 27.5 Å². The van der Waals surface area contributed by atoms with Crippen LogP contribution in [0.25, 0.3) is 0 Å². The van der Waals surface area contributed by atoms with Crippen LogP contribution < -0.4 is 0 Å². The molecule has 0 aromatic carbocycles. The number of hydrogen-bond donors (Lipinski definition) is 0. The monoisotopic (exact) mass is 324 g/mol. The standard InChI is InChI=1S/C11H17IO3/c1-7-9(12)8(10(13)14-2)11(15-7)5-3-4-6-11/h7-9H,3-6H2,1-2H3/t7-,8-,9-/m1/s1. The molecular weight excluding hydrogens is 307 g/mol. The highest BCUT2D eigenvalue weighted by Crippen LogP contribution is 2.50. The van der Waals surface area contributed by atoms with Gasteiger partial charge in [0.15, 0.2) is 0 Å². The third-order valence-electron chi connectivity index (χ3n) is 3.66. The fourth-order valence-corrected chi connectivity index (χ4v) is 4.04. The number of hydrogen-bond acceptors (Lipinski definition) is 3. The van der Waals surface area contributed by atoms with Crippen LogP contribution in [0.5, 0.6) is 0 Å². The van der Waals surface area contributed by atoms with Gasteiger partial charge >= 0.3 is 5.97 Å². The van der Waals surface area contributed by atoms with Crippen LogP contribution in [-0.4, -0.2) is 28.7 Å². The van der Waals surface area contributed by atoms with Crippen LogP contribution in [0, 0.1) is 5.92 Å². The van der Waals surface area contributed by atoms with Crippen molar-refractivity contribution in [3.63, 3.8) is 0 Å². The Kier molecular flexibility index (Phi) is 3.26. The topological polar surface area (TPSA) is 35.5 Å². The van der Waals surface area contributed by atoms with Crippen molar-refractivity contribution in [1.29, 1.82) is 0 Å². The maximum absolute atomic E-state index is 11.8. The molecule has 2 aliphatic rings. The van der Waals surface area contributed by atoms with Gasteiger partial charge in [0.2, 0.25) is 0 Å². The predicted octanol–water partition coefficient (Wildman–Crippen LogP) is 2.31. The highest BCUT2D eigenvalue weighted by Gasteiger charge is 2.57. The predicted molar refractivity (Wildman–Crippen MR) is 65.1 cm³/mol. The maximum Gasteiger partial charge on any atom is 0.312 e. The van der Waals surface area contributed by atoms with E-state index in [1.54, 1.807) is 0 Å². The minimum absolute atomic E-state index is 0.0689. The summed E-state index contributed by atoms with van der Waals surface area (Å²) in [4.78, 5) is 11.8. The molecule has 3 atom stereocenters. The summed E-state index contributed by atoms with van der Waals surface area (Å²) in [5, 5.41) is 0. The van der Waals surface area contributed by atoms with Crippen LogP contribution in [-0.2, 0) is 14.3 Å². The van der Waals surface area contributed by atoms with Crippen molar-refractivity contribution in [3.8, 4) is 0 Å². The molecule has 0 radical (unpaired) electrons. The van der Waals surface area contributed by atoms with Crippen molar-refractivity contribution >= 4 is 28.6 Å². The van der Waals surface area contributed by atoms with Crippen molar-refractivity contribution in [2.75, 3.05) is 7.11 Å². The molecule has 0 aromatic rings. The van der Waals surface area contributed by atoms with Crippen LogP contribution >= 0.6 is 22.6 Å². The number of carbonyl (C=O) groups is 1. The lowest BCUT2D eigenvalue weighted by atomic mass is 9.85. The number of ether oxygens (including phenoxy) is 2. The first-order chi connectivity index (χ1) is 7.10. The van der Waals surface area contributed by atoms with Gasteiger partial charge < -0.3 is 9.47 Å². The zero-order valence-electron chi connectivity index (χ0n) is 9.16. The lowest BCUT2D eigenvalue weighted by Crippen LogP contribution is -2.40. The van der Waals surface area contributed by atoms with Crippen LogP contribution in [0.4, 0.5) is 0 Å². The highest BCUT2D eigenvalue weighted by molar-refractivity contribution is 14.1. The smallest absolute Gasteiger partial charge is 0.312 e. The molecule has 1 aliphatic carbocycles. The van der Waals surface area contributed by atoms with E-state index in [9.17, 15) is 4.79 Å². The zero-order chi connectivity index (χ0) is 11.1. The van der Waals surface area contributed by atoms with E-state index < -0.39 is 0 Å². The average Bonchev–Trinajstić information content (AvgIpc) is 2.75. The first-order valence-corrected chi connectivity index (χ1v) is 6.75. The van der Waals surface area contributed by atoms with Crippen molar-refractivity contribution in [3.05, 3.63) is 0 Å². The molecule has 2 fully saturated rings. The Morgan fingerprint density at radius 3 is 2.60 bits per heavy atom. The van der Waals surface area contributed by atoms with Gasteiger partial charge in [0.1, 0.15) is 5.92 Å². The summed E-state index contributed by atoms with van der Waals surface area (Å²) < 4.78 is 11.2. The second kappa shape index (κ2) is 4.20. The molecule has 0 aromatic heterocycles. The molecule has 1 saturated heterocycles. The van der Waals surface area contributed by atoms with Crippen molar-refractivity contribution in [2.45, 2.75) is 48.2 Å². The molecule has 3 nitrogen and oxygen atoms in total. The number of methoxy groups -OCH3 is 1. The molecule has 1 heterocycles. The Balaban J connectivity index is 2.26. The summed E-state index contributed by atoms with van der Waals surface area (Å²) in [6.07, 6.45) is 4.52. The van der Waals surface area contributed by atoms with E-state index in [0.29, 0.717) is 0 Å². The lowest BCUT2D eigenvalue weighted by Gasteiger charge is -2.28. The Morgan fingerprint density at radius 2 is 2.07 bits per heavy atom. The molecule has 1 spiro atoms. The van der Waals surface area contributed by atoms with Crippen LogP contribution in [0.2, 0.25) is 0 Å². The second-order valence-electron chi connectivity index (χ2n) is 4.54. The largest absolute Gasteiger partial charge is 0.469 e.